The van der Waals surface area contributed by atoms with Gasteiger partial charge in [0.15, 0.2) is 0 Å². The van der Waals surface area contributed by atoms with Crippen LogP contribution >= 0.6 is 22.9 Å². The van der Waals surface area contributed by atoms with Gasteiger partial charge in [-0.1, -0.05) is 29.8 Å². The Kier molecular flexibility index (Phi) is 4.99. The number of hydrogen-bond acceptors (Lipinski definition) is 5. The Bertz CT molecular complexity index is 1170. The second kappa shape index (κ2) is 7.78. The Balaban J connectivity index is 1.52. The molecule has 1 aliphatic rings. The van der Waals surface area contributed by atoms with Crippen molar-refractivity contribution in [2.45, 2.75) is 25.5 Å². The van der Waals surface area contributed by atoms with E-state index in [1.54, 1.807) is 6.26 Å². The standard InChI is InChI=1S/C22H19ClN2O3S/c23-21-17-11-19(29-20(17)16-7-1-2-8-18(16)24-21)22(26)25(12-14-5-3-9-27-14)13-15-6-4-10-28-15/h1-3,5,7-9,11,15H,4,6,10,12-13H2. The number of aromatic nitrogens is 1. The van der Waals surface area contributed by atoms with Crippen molar-refractivity contribution in [1.29, 1.82) is 0 Å². The normalized spacial score (nSPS) is 16.7. The molecule has 1 aliphatic heterocycles. The van der Waals surface area contributed by atoms with E-state index < -0.39 is 0 Å². The number of nitrogens with zero attached hydrogens (tertiary/aromatic N) is 2. The highest BCUT2D eigenvalue weighted by atomic mass is 35.5. The van der Waals surface area contributed by atoms with Gasteiger partial charge < -0.3 is 14.1 Å². The largest absolute Gasteiger partial charge is 0.467 e. The number of ether oxygens (including phenoxy) is 1. The highest BCUT2D eigenvalue weighted by Gasteiger charge is 2.26. The Morgan fingerprint density at radius 1 is 1.24 bits per heavy atom. The van der Waals surface area contributed by atoms with Crippen LogP contribution in [0.3, 0.4) is 0 Å². The SMILES string of the molecule is O=C(c1cc2c(Cl)nc3ccccc3c2s1)N(Cc1ccco1)CC1CCCO1. The molecule has 4 heterocycles. The molecule has 0 aliphatic carbocycles. The van der Waals surface area contributed by atoms with Crippen molar-refractivity contribution in [3.05, 3.63) is 64.5 Å². The van der Waals surface area contributed by atoms with Gasteiger partial charge in [-0.15, -0.1) is 11.3 Å². The monoisotopic (exact) mass is 426 g/mol. The van der Waals surface area contributed by atoms with Gasteiger partial charge in [0.1, 0.15) is 10.9 Å². The van der Waals surface area contributed by atoms with Crippen LogP contribution in [0.1, 0.15) is 28.3 Å². The van der Waals surface area contributed by atoms with Gasteiger partial charge in [0.05, 0.1) is 29.3 Å². The van der Waals surface area contributed by atoms with Crippen LogP contribution in [0.15, 0.2) is 53.1 Å². The summed E-state index contributed by atoms with van der Waals surface area (Å²) in [5.41, 5.74) is 0.831. The molecule has 1 amide bonds. The molecular weight excluding hydrogens is 408 g/mol. The second-order valence-corrected chi connectivity index (χ2v) is 8.58. The molecule has 4 aromatic rings. The number of fused-ring (bicyclic) bond motifs is 3. The zero-order valence-corrected chi connectivity index (χ0v) is 17.2. The summed E-state index contributed by atoms with van der Waals surface area (Å²) in [5, 5.41) is 2.24. The van der Waals surface area contributed by atoms with E-state index in [9.17, 15) is 4.79 Å². The average molecular weight is 427 g/mol. The fourth-order valence-corrected chi connectivity index (χ4v) is 5.24. The summed E-state index contributed by atoms with van der Waals surface area (Å²) in [4.78, 5) is 20.4. The summed E-state index contributed by atoms with van der Waals surface area (Å²) in [6.07, 6.45) is 3.69. The van der Waals surface area contributed by atoms with Crippen molar-refractivity contribution in [3.63, 3.8) is 0 Å². The predicted molar refractivity (Wildman–Crippen MR) is 115 cm³/mol. The van der Waals surface area contributed by atoms with Gasteiger partial charge in [-0.05, 0) is 37.1 Å². The van der Waals surface area contributed by atoms with Crippen molar-refractivity contribution >= 4 is 49.8 Å². The third kappa shape index (κ3) is 3.64. The van der Waals surface area contributed by atoms with Crippen LogP contribution < -0.4 is 0 Å². The predicted octanol–water partition coefficient (Wildman–Crippen LogP) is 5.52. The van der Waals surface area contributed by atoms with Gasteiger partial charge in [-0.2, -0.15) is 0 Å². The van der Waals surface area contributed by atoms with Gasteiger partial charge in [-0.3, -0.25) is 4.79 Å². The number of para-hydroxylation sites is 1. The van der Waals surface area contributed by atoms with Crippen LogP contribution in [0.5, 0.6) is 0 Å². The van der Waals surface area contributed by atoms with Crippen LogP contribution in [-0.4, -0.2) is 35.0 Å². The smallest absolute Gasteiger partial charge is 0.264 e. The molecule has 0 N–H and O–H groups in total. The summed E-state index contributed by atoms with van der Waals surface area (Å²) >= 11 is 7.88. The summed E-state index contributed by atoms with van der Waals surface area (Å²) in [6, 6.07) is 13.4. The minimum atomic E-state index is -0.0433. The Morgan fingerprint density at radius 3 is 2.93 bits per heavy atom. The van der Waals surface area contributed by atoms with E-state index in [1.165, 1.54) is 11.3 Å². The van der Waals surface area contributed by atoms with E-state index >= 15 is 0 Å². The number of hydrogen-bond donors (Lipinski definition) is 0. The first-order valence-corrected chi connectivity index (χ1v) is 10.8. The first-order valence-electron chi connectivity index (χ1n) is 9.60. The molecule has 1 atom stereocenters. The fourth-order valence-electron chi connectivity index (χ4n) is 3.78. The average Bonchev–Trinajstić information content (AvgIpc) is 3.49. The number of carbonyl (C=O) groups excluding carboxylic acids is 1. The van der Waals surface area contributed by atoms with E-state index in [0.717, 1.165) is 46.2 Å². The lowest BCUT2D eigenvalue weighted by Crippen LogP contribution is -2.36. The molecule has 1 aromatic carbocycles. The fraction of sp³-hybridized carbons (Fsp3) is 0.273. The minimum Gasteiger partial charge on any atom is -0.467 e. The molecule has 1 saturated heterocycles. The summed E-state index contributed by atoms with van der Waals surface area (Å²) < 4.78 is 12.2. The topological polar surface area (TPSA) is 55.6 Å². The Labute approximate surface area is 176 Å². The number of thiophene rings is 1. The molecule has 29 heavy (non-hydrogen) atoms. The van der Waals surface area contributed by atoms with Crippen molar-refractivity contribution in [2.24, 2.45) is 0 Å². The zero-order valence-electron chi connectivity index (χ0n) is 15.6. The number of pyridine rings is 1. The summed E-state index contributed by atoms with van der Waals surface area (Å²) in [6.45, 7) is 1.71. The maximum Gasteiger partial charge on any atom is 0.264 e. The maximum atomic E-state index is 13.5. The summed E-state index contributed by atoms with van der Waals surface area (Å²) in [7, 11) is 0. The molecule has 1 fully saturated rings. The molecule has 0 bridgehead atoms. The third-order valence-corrected chi connectivity index (χ3v) is 6.64. The van der Waals surface area contributed by atoms with Crippen LogP contribution in [0.25, 0.3) is 21.0 Å². The molecule has 148 valence electrons. The van der Waals surface area contributed by atoms with Crippen LogP contribution in [-0.2, 0) is 11.3 Å². The number of benzene rings is 1. The molecule has 3 aromatic heterocycles. The van der Waals surface area contributed by atoms with Gasteiger partial charge in [-0.25, -0.2) is 4.98 Å². The minimum absolute atomic E-state index is 0.0433. The van der Waals surface area contributed by atoms with E-state index in [1.807, 2.05) is 47.4 Å². The van der Waals surface area contributed by atoms with E-state index in [-0.39, 0.29) is 12.0 Å². The number of rotatable bonds is 5. The first kappa shape index (κ1) is 18.6. The lowest BCUT2D eigenvalue weighted by molar-refractivity contribution is 0.0495. The highest BCUT2D eigenvalue weighted by molar-refractivity contribution is 7.21. The molecule has 5 rings (SSSR count). The number of halogens is 1. The molecule has 5 nitrogen and oxygen atoms in total. The maximum absolute atomic E-state index is 13.5. The molecule has 0 spiro atoms. The van der Waals surface area contributed by atoms with Crippen molar-refractivity contribution in [1.82, 2.24) is 9.88 Å². The molecule has 7 heteroatoms. The number of carbonyl (C=O) groups is 1. The van der Waals surface area contributed by atoms with Gasteiger partial charge >= 0.3 is 0 Å². The van der Waals surface area contributed by atoms with Crippen molar-refractivity contribution in [3.8, 4) is 0 Å². The molecular formula is C22H19ClN2O3S. The van der Waals surface area contributed by atoms with Crippen molar-refractivity contribution in [2.75, 3.05) is 13.2 Å². The van der Waals surface area contributed by atoms with Crippen LogP contribution in [0, 0.1) is 0 Å². The summed E-state index contributed by atoms with van der Waals surface area (Å²) in [5.74, 6) is 0.709. The zero-order chi connectivity index (χ0) is 19.8. The highest BCUT2D eigenvalue weighted by Crippen LogP contribution is 2.36. The number of amides is 1. The van der Waals surface area contributed by atoms with E-state index in [4.69, 9.17) is 20.8 Å². The Morgan fingerprint density at radius 2 is 2.14 bits per heavy atom. The van der Waals surface area contributed by atoms with Gasteiger partial charge in [0.25, 0.3) is 5.91 Å². The van der Waals surface area contributed by atoms with Crippen LogP contribution in [0.4, 0.5) is 0 Å². The lowest BCUT2D eigenvalue weighted by Gasteiger charge is -2.24. The molecule has 0 radical (unpaired) electrons. The van der Waals surface area contributed by atoms with Crippen LogP contribution in [0.2, 0.25) is 5.15 Å². The third-order valence-electron chi connectivity index (χ3n) is 5.19. The second-order valence-electron chi connectivity index (χ2n) is 7.17. The van der Waals surface area contributed by atoms with Gasteiger partial charge in [0, 0.05) is 28.6 Å². The van der Waals surface area contributed by atoms with Gasteiger partial charge in [0.2, 0.25) is 0 Å². The van der Waals surface area contributed by atoms with Crippen molar-refractivity contribution < 1.29 is 13.9 Å². The molecule has 1 unspecified atom stereocenters. The first-order chi connectivity index (χ1) is 14.2. The lowest BCUT2D eigenvalue weighted by atomic mass is 10.2. The quantitative estimate of drug-likeness (QED) is 0.394. The number of furan rings is 1. The van der Waals surface area contributed by atoms with E-state index in [2.05, 4.69) is 4.98 Å². The molecule has 0 saturated carbocycles. The van der Waals surface area contributed by atoms with E-state index in [0.29, 0.717) is 23.1 Å². The Hall–Kier alpha value is -2.41.